The molecule has 0 spiro atoms. The first-order valence-corrected chi connectivity index (χ1v) is 9.77. The normalized spacial score (nSPS) is 20.2. The van der Waals surface area contributed by atoms with Crippen LogP contribution in [-0.2, 0) is 9.59 Å². The number of hydrogen-bond donors (Lipinski definition) is 2. The summed E-state index contributed by atoms with van der Waals surface area (Å²) in [4.78, 5) is 26.3. The summed E-state index contributed by atoms with van der Waals surface area (Å²) in [6, 6.07) is 17.1. The summed E-state index contributed by atoms with van der Waals surface area (Å²) in [6.07, 6.45) is -0.403. The lowest BCUT2D eigenvalue weighted by Gasteiger charge is -2.26. The highest BCUT2D eigenvalue weighted by Gasteiger charge is 2.38. The van der Waals surface area contributed by atoms with Crippen LogP contribution in [0.2, 0.25) is 0 Å². The van der Waals surface area contributed by atoms with Gasteiger partial charge in [-0.05, 0) is 22.6 Å². The molecule has 0 saturated carbocycles. The van der Waals surface area contributed by atoms with Gasteiger partial charge in [0.2, 0.25) is 11.8 Å². The second-order valence-corrected chi connectivity index (χ2v) is 7.75. The molecule has 1 aliphatic heterocycles. The van der Waals surface area contributed by atoms with Crippen LogP contribution in [0.4, 0.5) is 0 Å². The molecule has 1 heterocycles. The zero-order valence-electron chi connectivity index (χ0n) is 16.6. The second-order valence-electron chi connectivity index (χ2n) is 7.75. The molecule has 5 nitrogen and oxygen atoms in total. The molecule has 0 aliphatic carbocycles. The van der Waals surface area contributed by atoms with Gasteiger partial charge in [-0.1, -0.05) is 68.4 Å². The Morgan fingerprint density at radius 2 is 1.57 bits per heavy atom. The third kappa shape index (κ3) is 4.42. The van der Waals surface area contributed by atoms with E-state index in [0.29, 0.717) is 5.92 Å². The Bertz CT molecular complexity index is 818. The monoisotopic (exact) mass is 380 g/mol. The van der Waals surface area contributed by atoms with Crippen molar-refractivity contribution in [1.29, 1.82) is 0 Å². The van der Waals surface area contributed by atoms with E-state index in [1.807, 2.05) is 42.5 Å². The number of carbonyl (C=O) groups is 2. The molecule has 148 valence electrons. The van der Waals surface area contributed by atoms with Crippen molar-refractivity contribution < 1.29 is 14.7 Å². The van der Waals surface area contributed by atoms with Gasteiger partial charge in [0.1, 0.15) is 6.04 Å². The van der Waals surface area contributed by atoms with Crippen molar-refractivity contribution >= 4 is 11.8 Å². The van der Waals surface area contributed by atoms with Gasteiger partial charge in [0.15, 0.2) is 0 Å². The summed E-state index contributed by atoms with van der Waals surface area (Å²) in [5.41, 5.74) is 3.20. The highest BCUT2D eigenvalue weighted by Crippen LogP contribution is 2.26. The number of hydrogen-bond acceptors (Lipinski definition) is 3. The molecule has 0 radical (unpaired) electrons. The smallest absolute Gasteiger partial charge is 0.243 e. The van der Waals surface area contributed by atoms with Crippen LogP contribution < -0.4 is 5.32 Å². The van der Waals surface area contributed by atoms with Crippen LogP contribution in [-0.4, -0.2) is 40.5 Å². The molecule has 3 atom stereocenters. The molecular weight excluding hydrogens is 352 g/mol. The highest BCUT2D eigenvalue weighted by molar-refractivity contribution is 5.88. The summed E-state index contributed by atoms with van der Waals surface area (Å²) in [5, 5.41) is 13.0. The number of likely N-dealkylation sites (tertiary alicyclic amines) is 1. The Morgan fingerprint density at radius 3 is 2.14 bits per heavy atom. The van der Waals surface area contributed by atoms with Crippen molar-refractivity contribution in [3.8, 4) is 0 Å². The molecule has 28 heavy (non-hydrogen) atoms. The topological polar surface area (TPSA) is 69.6 Å². The number of aliphatic hydroxyl groups excluding tert-OH is 1. The van der Waals surface area contributed by atoms with Gasteiger partial charge in [-0.15, -0.1) is 0 Å². The summed E-state index contributed by atoms with van der Waals surface area (Å²) in [6.45, 7) is 5.92. The molecule has 3 rings (SSSR count). The van der Waals surface area contributed by atoms with Gasteiger partial charge in [-0.3, -0.25) is 9.59 Å². The zero-order chi connectivity index (χ0) is 20.3. The predicted octanol–water partition coefficient (Wildman–Crippen LogP) is 3.00. The minimum absolute atomic E-state index is 0.200. The van der Waals surface area contributed by atoms with Crippen molar-refractivity contribution in [2.45, 2.75) is 51.3 Å². The lowest BCUT2D eigenvalue weighted by molar-refractivity contribution is -0.137. The zero-order valence-corrected chi connectivity index (χ0v) is 16.6. The lowest BCUT2D eigenvalue weighted by atomic mass is 9.95. The maximum absolute atomic E-state index is 13.0. The number of aliphatic hydroxyl groups is 1. The van der Waals surface area contributed by atoms with Crippen molar-refractivity contribution in [1.82, 2.24) is 10.2 Å². The number of benzene rings is 2. The summed E-state index contributed by atoms with van der Waals surface area (Å²) >= 11 is 0. The van der Waals surface area contributed by atoms with Gasteiger partial charge in [0, 0.05) is 19.9 Å². The fourth-order valence-electron chi connectivity index (χ4n) is 3.73. The summed E-state index contributed by atoms with van der Waals surface area (Å²) < 4.78 is 0. The molecule has 2 aromatic rings. The van der Waals surface area contributed by atoms with E-state index in [1.165, 1.54) is 17.4 Å². The van der Waals surface area contributed by atoms with E-state index < -0.39 is 12.1 Å². The second kappa shape index (κ2) is 8.57. The van der Waals surface area contributed by atoms with Crippen LogP contribution in [0.25, 0.3) is 0 Å². The SMILES string of the molecule is CC(=O)N1C[C@@H](O)C[C@H]1C(=O)N[C@@H](c1ccccc1)c1ccc(C(C)C)cc1. The van der Waals surface area contributed by atoms with Crippen LogP contribution >= 0.6 is 0 Å². The van der Waals surface area contributed by atoms with Gasteiger partial charge < -0.3 is 15.3 Å². The molecule has 1 saturated heterocycles. The Hall–Kier alpha value is -2.66. The molecule has 0 bridgehead atoms. The summed E-state index contributed by atoms with van der Waals surface area (Å²) in [5.74, 6) is -0.00861. The first-order chi connectivity index (χ1) is 13.4. The van der Waals surface area contributed by atoms with Gasteiger partial charge >= 0.3 is 0 Å². The number of carbonyl (C=O) groups excluding carboxylic acids is 2. The van der Waals surface area contributed by atoms with E-state index >= 15 is 0 Å². The average Bonchev–Trinajstić information content (AvgIpc) is 3.09. The minimum atomic E-state index is -0.667. The van der Waals surface area contributed by atoms with Crippen LogP contribution in [0, 0.1) is 0 Å². The molecule has 2 aromatic carbocycles. The lowest BCUT2D eigenvalue weighted by Crippen LogP contribution is -2.46. The third-order valence-corrected chi connectivity index (χ3v) is 5.34. The molecule has 1 fully saturated rings. The minimum Gasteiger partial charge on any atom is -0.391 e. The number of nitrogens with one attached hydrogen (secondary N) is 1. The Kier molecular flexibility index (Phi) is 6.15. The van der Waals surface area contributed by atoms with Crippen molar-refractivity contribution in [2.24, 2.45) is 0 Å². The molecule has 0 aromatic heterocycles. The molecule has 0 unspecified atom stereocenters. The molecular formula is C23H28N2O3. The van der Waals surface area contributed by atoms with E-state index in [0.717, 1.165) is 11.1 Å². The van der Waals surface area contributed by atoms with E-state index in [-0.39, 0.29) is 30.8 Å². The quantitative estimate of drug-likeness (QED) is 0.838. The van der Waals surface area contributed by atoms with E-state index in [9.17, 15) is 14.7 Å². The van der Waals surface area contributed by atoms with E-state index in [4.69, 9.17) is 0 Å². The van der Waals surface area contributed by atoms with Gasteiger partial charge in [-0.2, -0.15) is 0 Å². The van der Waals surface area contributed by atoms with Crippen molar-refractivity contribution in [3.63, 3.8) is 0 Å². The maximum atomic E-state index is 13.0. The van der Waals surface area contributed by atoms with Crippen LogP contribution in [0.1, 0.15) is 55.8 Å². The number of nitrogens with zero attached hydrogens (tertiary/aromatic N) is 1. The fourth-order valence-corrected chi connectivity index (χ4v) is 3.73. The maximum Gasteiger partial charge on any atom is 0.243 e. The van der Waals surface area contributed by atoms with Gasteiger partial charge in [0.25, 0.3) is 0 Å². The number of β-amino-alcohol motifs (C(OH)–C–C–N with tert-alkyl or cyclic N) is 1. The third-order valence-electron chi connectivity index (χ3n) is 5.34. The van der Waals surface area contributed by atoms with Crippen LogP contribution in [0.3, 0.4) is 0 Å². The largest absolute Gasteiger partial charge is 0.391 e. The van der Waals surface area contributed by atoms with Crippen molar-refractivity contribution in [2.75, 3.05) is 6.54 Å². The number of amides is 2. The van der Waals surface area contributed by atoms with Crippen molar-refractivity contribution in [3.05, 3.63) is 71.3 Å². The molecule has 5 heteroatoms. The highest BCUT2D eigenvalue weighted by atomic mass is 16.3. The molecule has 2 N–H and O–H groups in total. The standard InChI is InChI=1S/C23H28N2O3/c1-15(2)17-9-11-19(12-10-17)22(18-7-5-4-6-8-18)24-23(28)21-13-20(27)14-25(21)16(3)26/h4-12,15,20-22,27H,13-14H2,1-3H3,(H,24,28)/t20-,21-,22-/m0/s1. The molecule has 1 aliphatic rings. The predicted molar refractivity (Wildman–Crippen MR) is 109 cm³/mol. The Labute approximate surface area is 166 Å². The van der Waals surface area contributed by atoms with Gasteiger partial charge in [-0.25, -0.2) is 0 Å². The van der Waals surface area contributed by atoms with E-state index in [2.05, 4.69) is 31.3 Å². The van der Waals surface area contributed by atoms with E-state index in [1.54, 1.807) is 0 Å². The first kappa shape index (κ1) is 20.1. The van der Waals surface area contributed by atoms with Gasteiger partial charge in [0.05, 0.1) is 12.1 Å². The first-order valence-electron chi connectivity index (χ1n) is 9.77. The van der Waals surface area contributed by atoms with Crippen LogP contribution in [0.5, 0.6) is 0 Å². The molecule has 2 amide bonds. The number of rotatable bonds is 5. The van der Waals surface area contributed by atoms with Crippen LogP contribution in [0.15, 0.2) is 54.6 Å². The fraction of sp³-hybridized carbons (Fsp3) is 0.391. The Morgan fingerprint density at radius 1 is 1.00 bits per heavy atom. The Balaban J connectivity index is 1.87. The average molecular weight is 380 g/mol. The summed E-state index contributed by atoms with van der Waals surface area (Å²) in [7, 11) is 0.